The van der Waals surface area contributed by atoms with E-state index in [2.05, 4.69) is 4.98 Å². The van der Waals surface area contributed by atoms with Crippen molar-refractivity contribution >= 4 is 0 Å². The van der Waals surface area contributed by atoms with Crippen molar-refractivity contribution in [3.8, 4) is 6.19 Å². The summed E-state index contributed by atoms with van der Waals surface area (Å²) in [6.45, 7) is -2.52. The highest BCUT2D eigenvalue weighted by Gasteiger charge is 2.11. The van der Waals surface area contributed by atoms with Gasteiger partial charge in [-0.25, -0.2) is 4.98 Å². The molecule has 70 valence electrons. The molecular formula is C7H8F2N4. The second-order valence-corrected chi connectivity index (χ2v) is 2.48. The average Bonchev–Trinajstić information content (AvgIpc) is 2.52. The number of nitriles is 1. The fourth-order valence-corrected chi connectivity index (χ4v) is 0.892. The van der Waals surface area contributed by atoms with E-state index in [-0.39, 0.29) is 12.4 Å². The molecule has 0 unspecified atom stereocenters. The summed E-state index contributed by atoms with van der Waals surface area (Å²) in [6, 6.07) is 0. The number of aromatic nitrogens is 2. The van der Waals surface area contributed by atoms with E-state index >= 15 is 0 Å². The molecule has 0 spiro atoms. The van der Waals surface area contributed by atoms with Gasteiger partial charge >= 0.3 is 6.55 Å². The predicted molar refractivity (Wildman–Crippen MR) is 40.6 cm³/mol. The van der Waals surface area contributed by atoms with E-state index < -0.39 is 6.55 Å². The van der Waals surface area contributed by atoms with Crippen LogP contribution in [0.4, 0.5) is 8.78 Å². The summed E-state index contributed by atoms with van der Waals surface area (Å²) < 4.78 is 25.2. The Kier molecular flexibility index (Phi) is 2.80. The van der Waals surface area contributed by atoms with Gasteiger partial charge in [0.25, 0.3) is 0 Å². The monoisotopic (exact) mass is 186 g/mol. The molecule has 0 bridgehead atoms. The summed E-state index contributed by atoms with van der Waals surface area (Å²) in [6.07, 6.45) is 4.27. The summed E-state index contributed by atoms with van der Waals surface area (Å²) >= 11 is 0. The van der Waals surface area contributed by atoms with E-state index in [9.17, 15) is 8.78 Å². The molecule has 0 saturated carbocycles. The van der Waals surface area contributed by atoms with E-state index in [1.165, 1.54) is 24.3 Å². The van der Waals surface area contributed by atoms with Gasteiger partial charge in [-0.15, -0.1) is 0 Å². The zero-order valence-corrected chi connectivity index (χ0v) is 6.98. The number of nitrogens with zero attached hydrogens (tertiary/aromatic N) is 4. The zero-order valence-electron chi connectivity index (χ0n) is 6.98. The summed E-state index contributed by atoms with van der Waals surface area (Å²) in [7, 11) is 1.50. The van der Waals surface area contributed by atoms with Crippen LogP contribution in [-0.4, -0.2) is 21.5 Å². The molecule has 0 fully saturated rings. The van der Waals surface area contributed by atoms with Crippen LogP contribution in [0.5, 0.6) is 0 Å². The van der Waals surface area contributed by atoms with Crippen LogP contribution in [-0.2, 0) is 6.54 Å². The minimum atomic E-state index is -2.61. The van der Waals surface area contributed by atoms with E-state index in [1.807, 2.05) is 0 Å². The lowest BCUT2D eigenvalue weighted by atomic mass is 10.5. The molecule has 0 aliphatic heterocycles. The number of hydrogen-bond acceptors (Lipinski definition) is 3. The maximum Gasteiger partial charge on any atom is 0.319 e. The van der Waals surface area contributed by atoms with Crippen LogP contribution in [0.25, 0.3) is 0 Å². The highest BCUT2D eigenvalue weighted by Crippen LogP contribution is 2.12. The van der Waals surface area contributed by atoms with Crippen LogP contribution in [0.3, 0.4) is 0 Å². The minimum absolute atomic E-state index is 0.0911. The number of rotatable bonds is 3. The summed E-state index contributed by atoms with van der Waals surface area (Å²) in [5.41, 5.74) is 0. The second-order valence-electron chi connectivity index (χ2n) is 2.48. The number of hydrogen-bond donors (Lipinski definition) is 0. The van der Waals surface area contributed by atoms with Crippen LogP contribution >= 0.6 is 0 Å². The second kappa shape index (κ2) is 3.85. The summed E-state index contributed by atoms with van der Waals surface area (Å²) in [5, 5.41) is 8.41. The maximum absolute atomic E-state index is 12.2. The molecule has 0 amide bonds. The Morgan fingerprint density at radius 3 is 3.00 bits per heavy atom. The molecule has 1 rings (SSSR count). The Labute approximate surface area is 74.0 Å². The first-order chi connectivity index (χ1) is 6.15. The lowest BCUT2D eigenvalue weighted by Crippen LogP contribution is -2.15. The Hall–Kier alpha value is -1.64. The van der Waals surface area contributed by atoms with Gasteiger partial charge in [0.05, 0.1) is 6.54 Å². The van der Waals surface area contributed by atoms with E-state index in [4.69, 9.17) is 5.26 Å². The largest absolute Gasteiger partial charge is 0.319 e. The SMILES string of the molecule is CN(C#N)Cc1nccn1C(F)F. The maximum atomic E-state index is 12.2. The first kappa shape index (κ1) is 9.45. The van der Waals surface area contributed by atoms with Crippen molar-refractivity contribution in [2.45, 2.75) is 13.1 Å². The van der Waals surface area contributed by atoms with Crippen molar-refractivity contribution < 1.29 is 8.78 Å². The van der Waals surface area contributed by atoms with E-state index in [1.54, 1.807) is 6.19 Å². The van der Waals surface area contributed by atoms with Crippen molar-refractivity contribution in [1.82, 2.24) is 14.5 Å². The van der Waals surface area contributed by atoms with E-state index in [0.29, 0.717) is 0 Å². The Balaban J connectivity index is 2.78. The van der Waals surface area contributed by atoms with Crippen molar-refractivity contribution in [2.75, 3.05) is 7.05 Å². The third-order valence-electron chi connectivity index (χ3n) is 1.51. The third kappa shape index (κ3) is 2.15. The quantitative estimate of drug-likeness (QED) is 0.526. The van der Waals surface area contributed by atoms with Crippen LogP contribution in [0, 0.1) is 11.5 Å². The minimum Gasteiger partial charge on any atom is -0.306 e. The molecule has 1 aromatic rings. The Morgan fingerprint density at radius 2 is 2.46 bits per heavy atom. The average molecular weight is 186 g/mol. The molecule has 0 aromatic carbocycles. The number of alkyl halides is 2. The molecule has 0 atom stereocenters. The van der Waals surface area contributed by atoms with Crippen molar-refractivity contribution in [2.24, 2.45) is 0 Å². The van der Waals surface area contributed by atoms with Gasteiger partial charge < -0.3 is 4.90 Å². The molecule has 13 heavy (non-hydrogen) atoms. The highest BCUT2D eigenvalue weighted by atomic mass is 19.3. The Morgan fingerprint density at radius 1 is 1.77 bits per heavy atom. The molecule has 1 heterocycles. The van der Waals surface area contributed by atoms with Gasteiger partial charge in [0.1, 0.15) is 5.82 Å². The summed E-state index contributed by atoms with van der Waals surface area (Å²) in [4.78, 5) is 4.94. The first-order valence-electron chi connectivity index (χ1n) is 3.56. The number of halogens is 2. The smallest absolute Gasteiger partial charge is 0.306 e. The van der Waals surface area contributed by atoms with Gasteiger partial charge in [-0.1, -0.05) is 0 Å². The molecule has 0 aliphatic carbocycles. The van der Waals surface area contributed by atoms with Gasteiger partial charge in [0.2, 0.25) is 0 Å². The zero-order chi connectivity index (χ0) is 9.84. The molecule has 0 radical (unpaired) electrons. The van der Waals surface area contributed by atoms with Gasteiger partial charge in [0.15, 0.2) is 6.19 Å². The van der Waals surface area contributed by atoms with Crippen LogP contribution in [0.15, 0.2) is 12.4 Å². The predicted octanol–water partition coefficient (Wildman–Crippen LogP) is 1.19. The van der Waals surface area contributed by atoms with Crippen LogP contribution in [0.2, 0.25) is 0 Å². The van der Waals surface area contributed by atoms with Crippen LogP contribution < -0.4 is 0 Å². The fourth-order valence-electron chi connectivity index (χ4n) is 0.892. The highest BCUT2D eigenvalue weighted by molar-refractivity contribution is 4.93. The normalized spacial score (nSPS) is 10.1. The third-order valence-corrected chi connectivity index (χ3v) is 1.51. The molecule has 0 saturated heterocycles. The molecular weight excluding hydrogens is 178 g/mol. The molecule has 0 aliphatic rings. The lowest BCUT2D eigenvalue weighted by molar-refractivity contribution is 0.0655. The fraction of sp³-hybridized carbons (Fsp3) is 0.429. The number of imidazole rings is 1. The first-order valence-corrected chi connectivity index (χ1v) is 3.56. The van der Waals surface area contributed by atoms with E-state index in [0.717, 1.165) is 4.57 Å². The van der Waals surface area contributed by atoms with Gasteiger partial charge in [-0.3, -0.25) is 4.57 Å². The topological polar surface area (TPSA) is 44.9 Å². The molecule has 4 nitrogen and oxygen atoms in total. The standard InChI is InChI=1S/C7H8F2N4/c1-12(5-10)4-6-11-2-3-13(6)7(8)9/h2-3,7H,4H2,1H3. The molecule has 6 heteroatoms. The van der Waals surface area contributed by atoms with Gasteiger partial charge in [0, 0.05) is 19.4 Å². The molecule has 0 N–H and O–H groups in total. The van der Waals surface area contributed by atoms with Gasteiger partial charge in [-0.05, 0) is 0 Å². The van der Waals surface area contributed by atoms with Crippen molar-refractivity contribution in [1.29, 1.82) is 5.26 Å². The Bertz CT molecular complexity index is 315. The van der Waals surface area contributed by atoms with Crippen LogP contribution in [0.1, 0.15) is 12.4 Å². The van der Waals surface area contributed by atoms with Crippen molar-refractivity contribution in [3.05, 3.63) is 18.2 Å². The van der Waals surface area contributed by atoms with Gasteiger partial charge in [-0.2, -0.15) is 14.0 Å². The van der Waals surface area contributed by atoms with Crippen molar-refractivity contribution in [3.63, 3.8) is 0 Å². The molecule has 1 aromatic heterocycles. The lowest BCUT2D eigenvalue weighted by Gasteiger charge is -2.09. The summed E-state index contributed by atoms with van der Waals surface area (Å²) in [5.74, 6) is 0.180.